The molecule has 1 aliphatic heterocycles. The van der Waals surface area contributed by atoms with Crippen LogP contribution < -0.4 is 11.1 Å². The van der Waals surface area contributed by atoms with E-state index in [9.17, 15) is 9.90 Å². The number of carbonyl (C=O) groups excluding carboxylic acids is 1. The van der Waals surface area contributed by atoms with Gasteiger partial charge >= 0.3 is 0 Å². The average molecular weight is 380 g/mol. The Morgan fingerprint density at radius 1 is 1.22 bits per heavy atom. The van der Waals surface area contributed by atoms with Crippen molar-refractivity contribution in [1.29, 1.82) is 0 Å². The fourth-order valence-electron chi connectivity index (χ4n) is 3.07. The number of rotatable bonds is 11. The van der Waals surface area contributed by atoms with Gasteiger partial charge in [-0.15, -0.1) is 0 Å². The van der Waals surface area contributed by atoms with Gasteiger partial charge in [-0.3, -0.25) is 4.79 Å². The van der Waals surface area contributed by atoms with Crippen LogP contribution in [0, 0.1) is 0 Å². The first-order valence-corrected chi connectivity index (χ1v) is 9.75. The number of benzene rings is 1. The molecular weight excluding hydrogens is 348 g/mol. The molecular formula is C20H32N2O5. The van der Waals surface area contributed by atoms with E-state index >= 15 is 0 Å². The summed E-state index contributed by atoms with van der Waals surface area (Å²) in [5.41, 5.74) is 7.32. The summed E-state index contributed by atoms with van der Waals surface area (Å²) in [5.74, 6) is 0.0227. The smallest absolute Gasteiger partial charge is 0.224 e. The minimum absolute atomic E-state index is 0.0227. The van der Waals surface area contributed by atoms with Crippen LogP contribution in [-0.2, 0) is 20.7 Å². The second-order valence-electron chi connectivity index (χ2n) is 6.96. The predicted molar refractivity (Wildman–Crippen MR) is 103 cm³/mol. The first-order valence-electron chi connectivity index (χ1n) is 9.75. The lowest BCUT2D eigenvalue weighted by atomic mass is 10.1. The molecule has 1 aromatic rings. The molecule has 1 heterocycles. The van der Waals surface area contributed by atoms with Gasteiger partial charge < -0.3 is 30.7 Å². The summed E-state index contributed by atoms with van der Waals surface area (Å²) < 4.78 is 11.2. The van der Waals surface area contributed by atoms with Gasteiger partial charge in [-0.05, 0) is 43.5 Å². The van der Waals surface area contributed by atoms with Crippen LogP contribution in [0.3, 0.4) is 0 Å². The molecule has 7 heteroatoms. The van der Waals surface area contributed by atoms with Crippen molar-refractivity contribution in [2.24, 2.45) is 5.73 Å². The van der Waals surface area contributed by atoms with Crippen molar-refractivity contribution in [2.75, 3.05) is 25.1 Å². The monoisotopic (exact) mass is 380 g/mol. The highest BCUT2D eigenvalue weighted by atomic mass is 16.7. The summed E-state index contributed by atoms with van der Waals surface area (Å²) in [7, 11) is 0. The van der Waals surface area contributed by atoms with Crippen LogP contribution in [0.1, 0.15) is 44.1 Å². The number of nitrogens with two attached hydrogens (primary N) is 1. The van der Waals surface area contributed by atoms with Crippen LogP contribution in [0.2, 0.25) is 0 Å². The van der Waals surface area contributed by atoms with Crippen molar-refractivity contribution in [3.05, 3.63) is 29.8 Å². The number of carbonyl (C=O) groups is 1. The van der Waals surface area contributed by atoms with Crippen LogP contribution in [0.5, 0.6) is 0 Å². The van der Waals surface area contributed by atoms with Gasteiger partial charge in [0, 0.05) is 24.9 Å². The van der Waals surface area contributed by atoms with Crippen molar-refractivity contribution in [2.45, 2.75) is 63.4 Å². The topological polar surface area (TPSA) is 114 Å². The molecule has 0 saturated carbocycles. The highest BCUT2D eigenvalue weighted by molar-refractivity contribution is 5.90. The maximum atomic E-state index is 11.9. The molecule has 0 spiro atoms. The summed E-state index contributed by atoms with van der Waals surface area (Å²) >= 11 is 0. The van der Waals surface area contributed by atoms with Crippen molar-refractivity contribution in [1.82, 2.24) is 0 Å². The highest BCUT2D eigenvalue weighted by Gasteiger charge is 2.28. The number of hydrogen-bond acceptors (Lipinski definition) is 6. The van der Waals surface area contributed by atoms with Gasteiger partial charge in [0.2, 0.25) is 5.91 Å². The lowest BCUT2D eigenvalue weighted by Gasteiger charge is -2.32. The van der Waals surface area contributed by atoms with E-state index in [2.05, 4.69) is 5.32 Å². The molecule has 0 radical (unpaired) electrons. The number of amides is 1. The van der Waals surface area contributed by atoms with Gasteiger partial charge in [0.25, 0.3) is 0 Å². The third kappa shape index (κ3) is 8.36. The van der Waals surface area contributed by atoms with Crippen molar-refractivity contribution < 1.29 is 24.5 Å². The average Bonchev–Trinajstić information content (AvgIpc) is 2.66. The minimum atomic E-state index is -0.501. The zero-order chi connectivity index (χ0) is 19.5. The Bertz CT molecular complexity index is 552. The third-order valence-corrected chi connectivity index (χ3v) is 4.59. The highest BCUT2D eigenvalue weighted by Crippen LogP contribution is 2.20. The van der Waals surface area contributed by atoms with Gasteiger partial charge in [0.1, 0.15) is 0 Å². The molecule has 7 nitrogen and oxygen atoms in total. The van der Waals surface area contributed by atoms with E-state index < -0.39 is 12.4 Å². The van der Waals surface area contributed by atoms with Gasteiger partial charge in [0.15, 0.2) is 6.29 Å². The number of nitrogens with one attached hydrogen (secondary N) is 1. The summed E-state index contributed by atoms with van der Waals surface area (Å²) in [4.78, 5) is 11.9. The first kappa shape index (κ1) is 21.8. The van der Waals surface area contributed by atoms with E-state index in [1.807, 2.05) is 24.3 Å². The molecule has 27 heavy (non-hydrogen) atoms. The van der Waals surface area contributed by atoms with E-state index in [1.165, 1.54) is 0 Å². The molecule has 2 rings (SSSR count). The van der Waals surface area contributed by atoms with Gasteiger partial charge in [-0.25, -0.2) is 0 Å². The molecule has 1 saturated heterocycles. The molecule has 1 fully saturated rings. The zero-order valence-electron chi connectivity index (χ0n) is 15.8. The summed E-state index contributed by atoms with van der Waals surface area (Å²) in [5, 5.41) is 21.8. The van der Waals surface area contributed by atoms with E-state index in [1.54, 1.807) is 0 Å². The van der Waals surface area contributed by atoms with Gasteiger partial charge in [0.05, 0.1) is 25.4 Å². The molecule has 0 unspecified atom stereocenters. The lowest BCUT2D eigenvalue weighted by molar-refractivity contribution is -0.221. The Hall–Kier alpha value is -1.51. The van der Waals surface area contributed by atoms with Crippen LogP contribution in [0.4, 0.5) is 5.69 Å². The normalized spacial score (nSPS) is 22.6. The first-order chi connectivity index (χ1) is 13.1. The van der Waals surface area contributed by atoms with Crippen LogP contribution >= 0.6 is 0 Å². The number of anilines is 1. The maximum Gasteiger partial charge on any atom is 0.224 e. The van der Waals surface area contributed by atoms with Crippen LogP contribution in [0.25, 0.3) is 0 Å². The Balaban J connectivity index is 1.67. The number of aliphatic hydroxyl groups excluding tert-OH is 2. The Kier molecular flexibility index (Phi) is 9.72. The summed E-state index contributed by atoms with van der Waals surface area (Å²) in [6, 6.07) is 7.69. The number of hydrogen-bond donors (Lipinski definition) is 4. The number of aliphatic hydroxyl groups is 2. The van der Waals surface area contributed by atoms with Crippen LogP contribution in [0.15, 0.2) is 24.3 Å². The molecule has 0 aliphatic carbocycles. The van der Waals surface area contributed by atoms with E-state index in [0.29, 0.717) is 38.8 Å². The molecule has 1 amide bonds. The molecule has 3 atom stereocenters. The SMILES string of the molecule is NCCCCCC(=O)Nc1ccc(CCO[C@H]2C[C@@H](O)C[C@@H](CO)O2)cc1. The fraction of sp³-hybridized carbons (Fsp3) is 0.650. The Morgan fingerprint density at radius 3 is 2.70 bits per heavy atom. The quantitative estimate of drug-likeness (QED) is 0.433. The van der Waals surface area contributed by atoms with Gasteiger partial charge in [-0.2, -0.15) is 0 Å². The molecule has 5 N–H and O–H groups in total. The second-order valence-corrected chi connectivity index (χ2v) is 6.96. The van der Waals surface area contributed by atoms with Crippen molar-refractivity contribution in [3.8, 4) is 0 Å². The van der Waals surface area contributed by atoms with Crippen molar-refractivity contribution in [3.63, 3.8) is 0 Å². The van der Waals surface area contributed by atoms with E-state index in [4.69, 9.17) is 20.3 Å². The lowest BCUT2D eigenvalue weighted by Crippen LogP contribution is -2.39. The largest absolute Gasteiger partial charge is 0.394 e. The minimum Gasteiger partial charge on any atom is -0.394 e. The molecule has 152 valence electrons. The molecule has 1 aromatic carbocycles. The third-order valence-electron chi connectivity index (χ3n) is 4.59. The zero-order valence-corrected chi connectivity index (χ0v) is 15.8. The molecule has 0 bridgehead atoms. The summed E-state index contributed by atoms with van der Waals surface area (Å²) in [6.45, 7) is 1.02. The van der Waals surface area contributed by atoms with Crippen molar-refractivity contribution >= 4 is 11.6 Å². The Morgan fingerprint density at radius 2 is 2.00 bits per heavy atom. The van der Waals surface area contributed by atoms with Gasteiger partial charge in [-0.1, -0.05) is 18.6 Å². The fourth-order valence-corrected chi connectivity index (χ4v) is 3.07. The number of ether oxygens (including phenoxy) is 2. The van der Waals surface area contributed by atoms with E-state index in [0.717, 1.165) is 30.5 Å². The molecule has 0 aromatic heterocycles. The standard InChI is InChI=1S/C20H32N2O5/c21-10-3-1-2-4-19(25)22-16-7-5-15(6-8-16)9-11-26-20-13-17(24)12-18(14-23)27-20/h5-8,17-18,20,23-24H,1-4,9-14,21H2,(H,22,25)/t17-,18-,20+/m0/s1. The summed E-state index contributed by atoms with van der Waals surface area (Å²) in [6.07, 6.45) is 3.51. The molecule has 1 aliphatic rings. The predicted octanol–water partition coefficient (Wildman–Crippen LogP) is 1.56. The Labute approximate surface area is 160 Å². The number of unbranched alkanes of at least 4 members (excludes halogenated alkanes) is 2. The van der Waals surface area contributed by atoms with Crippen LogP contribution in [-0.4, -0.2) is 54.4 Å². The second kappa shape index (κ2) is 12.0. The van der Waals surface area contributed by atoms with E-state index in [-0.39, 0.29) is 18.6 Å². The maximum absolute atomic E-state index is 11.9.